The molecule has 6 nitrogen and oxygen atoms in total. The number of carbonyl (C=O) groups excluding carboxylic acids is 1. The highest BCUT2D eigenvalue weighted by Crippen LogP contribution is 2.27. The molecule has 21 heavy (non-hydrogen) atoms. The second kappa shape index (κ2) is 6.42. The average Bonchev–Trinajstić information content (AvgIpc) is 2.87. The van der Waals surface area contributed by atoms with Gasteiger partial charge < -0.3 is 4.74 Å². The normalized spacial score (nSPS) is 11.1. The molecule has 0 bridgehead atoms. The zero-order valence-corrected chi connectivity index (χ0v) is 13.3. The molecule has 2 heterocycles. The number of hydrogen-bond acceptors (Lipinski definition) is 6. The Kier molecular flexibility index (Phi) is 4.81. The first-order valence-electron chi connectivity index (χ1n) is 5.84. The summed E-state index contributed by atoms with van der Waals surface area (Å²) in [6, 6.07) is 5.81. The van der Waals surface area contributed by atoms with Gasteiger partial charge in [0, 0.05) is 6.20 Å². The van der Waals surface area contributed by atoms with Gasteiger partial charge in [0.1, 0.15) is 9.77 Å². The van der Waals surface area contributed by atoms with Gasteiger partial charge in [0.05, 0.1) is 10.9 Å². The van der Waals surface area contributed by atoms with Crippen molar-refractivity contribution in [1.82, 2.24) is 4.98 Å². The zero-order valence-electron chi connectivity index (χ0n) is 10.9. The Labute approximate surface area is 130 Å². The van der Waals surface area contributed by atoms with Crippen LogP contribution < -0.4 is 4.72 Å². The molecule has 0 radical (unpaired) electrons. The van der Waals surface area contributed by atoms with Crippen LogP contribution in [0.1, 0.15) is 17.3 Å². The molecule has 2 rings (SSSR count). The van der Waals surface area contributed by atoms with Gasteiger partial charge in [0.15, 0.2) is 5.82 Å². The van der Waals surface area contributed by atoms with Gasteiger partial charge >= 0.3 is 5.97 Å². The van der Waals surface area contributed by atoms with Crippen molar-refractivity contribution in [2.45, 2.75) is 11.1 Å². The fourth-order valence-electron chi connectivity index (χ4n) is 1.48. The number of anilines is 1. The molecule has 0 saturated carbocycles. The minimum absolute atomic E-state index is 0.0351. The maximum absolute atomic E-state index is 12.2. The van der Waals surface area contributed by atoms with Crippen LogP contribution in [-0.4, -0.2) is 26.0 Å². The van der Waals surface area contributed by atoms with Crippen molar-refractivity contribution in [3.8, 4) is 0 Å². The number of rotatable bonds is 5. The molecule has 2 aromatic heterocycles. The summed E-state index contributed by atoms with van der Waals surface area (Å²) in [5.74, 6) is -0.729. The van der Waals surface area contributed by atoms with E-state index in [-0.39, 0.29) is 22.2 Å². The maximum atomic E-state index is 12.2. The zero-order chi connectivity index (χ0) is 15.5. The number of ether oxygens (including phenoxy) is 1. The van der Waals surface area contributed by atoms with Gasteiger partial charge in [-0.25, -0.2) is 18.2 Å². The lowest BCUT2D eigenvalue weighted by Crippen LogP contribution is -2.16. The van der Waals surface area contributed by atoms with Crippen molar-refractivity contribution in [2.24, 2.45) is 0 Å². The SMILES string of the molecule is CCOC(=O)c1cccnc1NS(=O)(=O)c1ccc(Cl)s1. The highest BCUT2D eigenvalue weighted by Gasteiger charge is 2.21. The van der Waals surface area contributed by atoms with Crippen LogP contribution in [0.15, 0.2) is 34.7 Å². The van der Waals surface area contributed by atoms with Crippen molar-refractivity contribution < 1.29 is 17.9 Å². The molecular formula is C12H11ClN2O4S2. The third-order valence-corrected chi connectivity index (χ3v) is 5.41. The van der Waals surface area contributed by atoms with Crippen LogP contribution in [0, 0.1) is 0 Å². The fourth-order valence-corrected chi connectivity index (χ4v) is 3.99. The van der Waals surface area contributed by atoms with Gasteiger partial charge in [-0.2, -0.15) is 0 Å². The van der Waals surface area contributed by atoms with E-state index in [1.165, 1.54) is 30.5 Å². The quantitative estimate of drug-likeness (QED) is 0.841. The molecule has 0 spiro atoms. The number of nitrogens with zero attached hydrogens (tertiary/aromatic N) is 1. The predicted molar refractivity (Wildman–Crippen MR) is 80.3 cm³/mol. The molecular weight excluding hydrogens is 336 g/mol. The third-order valence-electron chi connectivity index (χ3n) is 2.35. The first kappa shape index (κ1) is 15.7. The van der Waals surface area contributed by atoms with Gasteiger partial charge in [0.25, 0.3) is 10.0 Å². The first-order chi connectivity index (χ1) is 9.94. The van der Waals surface area contributed by atoms with E-state index in [1.807, 2.05) is 0 Å². The van der Waals surface area contributed by atoms with Crippen molar-refractivity contribution in [2.75, 3.05) is 11.3 Å². The maximum Gasteiger partial charge on any atom is 0.341 e. The predicted octanol–water partition coefficient (Wildman–Crippen LogP) is 2.77. The summed E-state index contributed by atoms with van der Waals surface area (Å²) in [4.78, 5) is 15.7. The molecule has 0 amide bonds. The summed E-state index contributed by atoms with van der Waals surface area (Å²) in [5, 5.41) is 0. The fraction of sp³-hybridized carbons (Fsp3) is 0.167. The molecule has 2 aromatic rings. The number of nitrogens with one attached hydrogen (secondary N) is 1. The largest absolute Gasteiger partial charge is 0.462 e. The molecule has 0 fully saturated rings. The molecule has 0 aliphatic carbocycles. The second-order valence-corrected chi connectivity index (χ2v) is 7.41. The molecule has 0 aliphatic rings. The Hall–Kier alpha value is -1.64. The summed E-state index contributed by atoms with van der Waals surface area (Å²) < 4.78 is 31.9. The lowest BCUT2D eigenvalue weighted by molar-refractivity contribution is 0.0527. The molecule has 9 heteroatoms. The number of sulfonamides is 1. The van der Waals surface area contributed by atoms with E-state index in [4.69, 9.17) is 16.3 Å². The summed E-state index contributed by atoms with van der Waals surface area (Å²) in [6.45, 7) is 1.84. The van der Waals surface area contributed by atoms with Crippen LogP contribution in [0.4, 0.5) is 5.82 Å². The van der Waals surface area contributed by atoms with E-state index < -0.39 is 16.0 Å². The van der Waals surface area contributed by atoms with Gasteiger partial charge in [0.2, 0.25) is 0 Å². The summed E-state index contributed by atoms with van der Waals surface area (Å²) in [5.41, 5.74) is 0.0468. The van der Waals surface area contributed by atoms with E-state index in [9.17, 15) is 13.2 Å². The Bertz CT molecular complexity index is 758. The van der Waals surface area contributed by atoms with Gasteiger partial charge in [-0.3, -0.25) is 4.72 Å². The van der Waals surface area contributed by atoms with Crippen LogP contribution in [-0.2, 0) is 14.8 Å². The van der Waals surface area contributed by atoms with Crippen molar-refractivity contribution in [3.63, 3.8) is 0 Å². The van der Waals surface area contributed by atoms with E-state index >= 15 is 0 Å². The number of pyridine rings is 1. The van der Waals surface area contributed by atoms with Crippen molar-refractivity contribution in [3.05, 3.63) is 40.4 Å². The molecule has 1 N–H and O–H groups in total. The standard InChI is InChI=1S/C12H11ClN2O4S2/c1-2-19-12(16)8-4-3-7-14-11(8)15-21(17,18)10-6-5-9(13)20-10/h3-7H,2H2,1H3,(H,14,15). The van der Waals surface area contributed by atoms with E-state index in [0.717, 1.165) is 11.3 Å². The monoisotopic (exact) mass is 346 g/mol. The second-order valence-electron chi connectivity index (χ2n) is 3.78. The van der Waals surface area contributed by atoms with Crippen LogP contribution in [0.25, 0.3) is 0 Å². The van der Waals surface area contributed by atoms with Crippen molar-refractivity contribution >= 4 is 44.7 Å². The molecule has 112 valence electrons. The Morgan fingerprint density at radius 3 is 2.81 bits per heavy atom. The van der Waals surface area contributed by atoms with E-state index in [2.05, 4.69) is 9.71 Å². The molecule has 0 unspecified atom stereocenters. The van der Waals surface area contributed by atoms with Gasteiger partial charge in [-0.05, 0) is 31.2 Å². The number of hydrogen-bond donors (Lipinski definition) is 1. The molecule has 0 aliphatic heterocycles. The van der Waals surface area contributed by atoms with Gasteiger partial charge in [-0.1, -0.05) is 11.6 Å². The Morgan fingerprint density at radius 2 is 2.19 bits per heavy atom. The lowest BCUT2D eigenvalue weighted by Gasteiger charge is -2.09. The number of carbonyl (C=O) groups is 1. The number of esters is 1. The van der Waals surface area contributed by atoms with Crippen LogP contribution in [0.3, 0.4) is 0 Å². The van der Waals surface area contributed by atoms with Crippen LogP contribution in [0.2, 0.25) is 4.34 Å². The molecule has 0 atom stereocenters. The summed E-state index contributed by atoms with van der Waals surface area (Å²) in [7, 11) is -3.85. The Balaban J connectivity index is 2.33. The average molecular weight is 347 g/mol. The van der Waals surface area contributed by atoms with E-state index in [1.54, 1.807) is 6.92 Å². The van der Waals surface area contributed by atoms with Crippen molar-refractivity contribution in [1.29, 1.82) is 0 Å². The highest BCUT2D eigenvalue weighted by molar-refractivity contribution is 7.94. The molecule has 0 saturated heterocycles. The van der Waals surface area contributed by atoms with Crippen LogP contribution in [0.5, 0.6) is 0 Å². The summed E-state index contributed by atoms with van der Waals surface area (Å²) >= 11 is 6.64. The smallest absolute Gasteiger partial charge is 0.341 e. The minimum Gasteiger partial charge on any atom is -0.462 e. The Morgan fingerprint density at radius 1 is 1.43 bits per heavy atom. The van der Waals surface area contributed by atoms with Crippen LogP contribution >= 0.6 is 22.9 Å². The first-order valence-corrected chi connectivity index (χ1v) is 8.52. The summed E-state index contributed by atoms with van der Waals surface area (Å²) in [6.07, 6.45) is 1.38. The van der Waals surface area contributed by atoms with E-state index in [0.29, 0.717) is 4.34 Å². The lowest BCUT2D eigenvalue weighted by atomic mass is 10.2. The third kappa shape index (κ3) is 3.72. The number of aromatic nitrogens is 1. The number of halogens is 1. The minimum atomic E-state index is -3.85. The highest BCUT2D eigenvalue weighted by atomic mass is 35.5. The molecule has 0 aromatic carbocycles. The topological polar surface area (TPSA) is 85.4 Å². The number of thiophene rings is 1. The van der Waals surface area contributed by atoms with Gasteiger partial charge in [-0.15, -0.1) is 11.3 Å².